The quantitative estimate of drug-likeness (QED) is 0.158. The third-order valence-corrected chi connectivity index (χ3v) is 12.2. The first-order valence-corrected chi connectivity index (χ1v) is 19.6. The summed E-state index contributed by atoms with van der Waals surface area (Å²) in [6.07, 6.45) is 0. The molecule has 0 saturated heterocycles. The lowest BCUT2D eigenvalue weighted by Crippen LogP contribution is -2.12. The Hall–Kier alpha value is -6.94. The van der Waals surface area contributed by atoms with Crippen LogP contribution in [0.25, 0.3) is 63.3 Å². The standard InChI is InChI=1S/C52H34N2S/c1-2-18-37(19-3-1)53(40-32-33-44-43-22-8-9-23-45(43)51-46-24-10-11-27-50(46)55-52(51)47(44)34-40)38-28-30-39(31-29-38)54(48-25-12-16-35-14-4-6-20-41(35)48)49-26-13-17-36-15-5-7-21-42(36)49/h1-34H. The largest absolute Gasteiger partial charge is 0.310 e. The van der Waals surface area contributed by atoms with Crippen LogP contribution in [-0.2, 0) is 0 Å². The lowest BCUT2D eigenvalue weighted by Gasteiger charge is -2.30. The van der Waals surface area contributed by atoms with Crippen molar-refractivity contribution in [2.75, 3.05) is 9.80 Å². The van der Waals surface area contributed by atoms with Crippen LogP contribution in [0.3, 0.4) is 0 Å². The molecule has 0 aliphatic rings. The van der Waals surface area contributed by atoms with Crippen molar-refractivity contribution in [2.24, 2.45) is 0 Å². The topological polar surface area (TPSA) is 6.48 Å². The summed E-state index contributed by atoms with van der Waals surface area (Å²) >= 11 is 1.90. The van der Waals surface area contributed by atoms with Crippen molar-refractivity contribution < 1.29 is 0 Å². The van der Waals surface area contributed by atoms with Gasteiger partial charge in [-0.05, 0) is 93.7 Å². The number of hydrogen-bond acceptors (Lipinski definition) is 3. The summed E-state index contributed by atoms with van der Waals surface area (Å²) in [6, 6.07) is 75.1. The summed E-state index contributed by atoms with van der Waals surface area (Å²) in [4.78, 5) is 4.80. The summed E-state index contributed by atoms with van der Waals surface area (Å²) in [5, 5.41) is 12.7. The highest BCUT2D eigenvalue weighted by molar-refractivity contribution is 7.27. The minimum Gasteiger partial charge on any atom is -0.310 e. The first-order valence-electron chi connectivity index (χ1n) is 18.8. The van der Waals surface area contributed by atoms with E-state index in [0.29, 0.717) is 0 Å². The fraction of sp³-hybridized carbons (Fsp3) is 0. The van der Waals surface area contributed by atoms with Gasteiger partial charge in [0.15, 0.2) is 0 Å². The molecule has 2 nitrogen and oxygen atoms in total. The van der Waals surface area contributed by atoms with Gasteiger partial charge in [-0.15, -0.1) is 11.3 Å². The number of fused-ring (bicyclic) bond motifs is 10. The van der Waals surface area contributed by atoms with E-state index in [2.05, 4.69) is 216 Å². The van der Waals surface area contributed by atoms with Crippen LogP contribution < -0.4 is 9.80 Å². The summed E-state index contributed by atoms with van der Waals surface area (Å²) in [5.74, 6) is 0. The molecular formula is C52H34N2S. The number of rotatable bonds is 6. The van der Waals surface area contributed by atoms with Crippen molar-refractivity contribution >= 4 is 109 Å². The average Bonchev–Trinajstić information content (AvgIpc) is 3.65. The second kappa shape index (κ2) is 12.9. The van der Waals surface area contributed by atoms with Crippen molar-refractivity contribution in [1.29, 1.82) is 0 Å². The lowest BCUT2D eigenvalue weighted by atomic mass is 9.96. The van der Waals surface area contributed by atoms with E-state index in [1.54, 1.807) is 0 Å². The molecule has 0 fully saturated rings. The molecule has 10 aromatic carbocycles. The Morgan fingerprint density at radius 3 is 1.44 bits per heavy atom. The van der Waals surface area contributed by atoms with Crippen LogP contribution >= 0.6 is 11.3 Å². The first-order chi connectivity index (χ1) is 27.3. The van der Waals surface area contributed by atoms with E-state index in [9.17, 15) is 0 Å². The Kier molecular flexibility index (Phi) is 7.39. The van der Waals surface area contributed by atoms with Gasteiger partial charge < -0.3 is 9.80 Å². The van der Waals surface area contributed by atoms with Crippen LogP contribution in [0, 0.1) is 0 Å². The molecule has 0 amide bonds. The molecule has 0 atom stereocenters. The maximum absolute atomic E-state index is 2.42. The Balaban J connectivity index is 1.11. The zero-order valence-corrected chi connectivity index (χ0v) is 30.7. The monoisotopic (exact) mass is 718 g/mol. The van der Waals surface area contributed by atoms with Crippen molar-refractivity contribution in [3.05, 3.63) is 206 Å². The van der Waals surface area contributed by atoms with Gasteiger partial charge in [0.25, 0.3) is 0 Å². The van der Waals surface area contributed by atoms with E-state index in [4.69, 9.17) is 0 Å². The van der Waals surface area contributed by atoms with Crippen LogP contribution in [0.2, 0.25) is 0 Å². The van der Waals surface area contributed by atoms with Crippen molar-refractivity contribution in [3.8, 4) is 0 Å². The van der Waals surface area contributed by atoms with Crippen LogP contribution in [0.15, 0.2) is 206 Å². The molecule has 11 aromatic rings. The van der Waals surface area contributed by atoms with Gasteiger partial charge in [-0.1, -0.05) is 140 Å². The Morgan fingerprint density at radius 1 is 0.291 bits per heavy atom. The summed E-state index contributed by atoms with van der Waals surface area (Å²) in [5.41, 5.74) is 6.73. The van der Waals surface area contributed by atoms with Gasteiger partial charge in [-0.3, -0.25) is 0 Å². The summed E-state index contributed by atoms with van der Waals surface area (Å²) in [7, 11) is 0. The second-order valence-corrected chi connectivity index (χ2v) is 15.1. The molecule has 0 N–H and O–H groups in total. The fourth-order valence-electron chi connectivity index (χ4n) is 8.52. The van der Waals surface area contributed by atoms with Crippen LogP contribution in [0.4, 0.5) is 34.1 Å². The van der Waals surface area contributed by atoms with Crippen molar-refractivity contribution in [2.45, 2.75) is 0 Å². The Bertz CT molecular complexity index is 3130. The summed E-state index contributed by atoms with van der Waals surface area (Å²) < 4.78 is 2.65. The highest BCUT2D eigenvalue weighted by Crippen LogP contribution is 2.47. The molecule has 0 bridgehead atoms. The van der Waals surface area contributed by atoms with Gasteiger partial charge in [0.1, 0.15) is 0 Å². The van der Waals surface area contributed by atoms with E-state index >= 15 is 0 Å². The number of nitrogens with zero attached hydrogens (tertiary/aromatic N) is 2. The van der Waals surface area contributed by atoms with Gasteiger partial charge >= 0.3 is 0 Å². The highest BCUT2D eigenvalue weighted by Gasteiger charge is 2.21. The third-order valence-electron chi connectivity index (χ3n) is 11.0. The maximum Gasteiger partial charge on any atom is 0.0540 e. The normalized spacial score (nSPS) is 11.6. The number of hydrogen-bond donors (Lipinski definition) is 0. The molecule has 0 unspecified atom stereocenters. The maximum atomic E-state index is 2.42. The zero-order valence-electron chi connectivity index (χ0n) is 29.9. The summed E-state index contributed by atoms with van der Waals surface area (Å²) in [6.45, 7) is 0. The number of thiophene rings is 1. The molecule has 0 spiro atoms. The van der Waals surface area contributed by atoms with Crippen LogP contribution in [-0.4, -0.2) is 0 Å². The third kappa shape index (κ3) is 5.16. The van der Waals surface area contributed by atoms with E-state index in [0.717, 1.165) is 34.1 Å². The molecule has 55 heavy (non-hydrogen) atoms. The molecule has 11 rings (SSSR count). The van der Waals surface area contributed by atoms with E-state index in [1.165, 1.54) is 63.3 Å². The smallest absolute Gasteiger partial charge is 0.0540 e. The first kappa shape index (κ1) is 31.6. The van der Waals surface area contributed by atoms with Crippen LogP contribution in [0.5, 0.6) is 0 Å². The minimum absolute atomic E-state index is 1.10. The molecule has 0 aliphatic heterocycles. The van der Waals surface area contributed by atoms with E-state index in [1.807, 2.05) is 11.3 Å². The SMILES string of the molecule is c1ccc(N(c2ccc(N(c3cccc4ccccc34)c3cccc4ccccc34)cc2)c2ccc3c4ccccc4c4c5ccccc5sc4c3c2)cc1. The average molecular weight is 719 g/mol. The van der Waals surface area contributed by atoms with E-state index in [-0.39, 0.29) is 0 Å². The predicted octanol–water partition coefficient (Wildman–Crippen LogP) is 15.6. The Labute approximate surface area is 323 Å². The van der Waals surface area contributed by atoms with Gasteiger partial charge in [0.2, 0.25) is 0 Å². The Morgan fingerprint density at radius 2 is 0.764 bits per heavy atom. The van der Waals surface area contributed by atoms with Gasteiger partial charge in [0, 0.05) is 59.1 Å². The van der Waals surface area contributed by atoms with Gasteiger partial charge in [-0.2, -0.15) is 0 Å². The molecule has 1 heterocycles. The highest BCUT2D eigenvalue weighted by atomic mass is 32.1. The van der Waals surface area contributed by atoms with Gasteiger partial charge in [0.05, 0.1) is 11.4 Å². The molecule has 0 radical (unpaired) electrons. The molecule has 0 aliphatic carbocycles. The molecule has 3 heteroatoms. The lowest BCUT2D eigenvalue weighted by molar-refractivity contribution is 1.27. The van der Waals surface area contributed by atoms with E-state index < -0.39 is 0 Å². The number of anilines is 6. The van der Waals surface area contributed by atoms with Crippen molar-refractivity contribution in [3.63, 3.8) is 0 Å². The molecule has 0 saturated carbocycles. The molecule has 258 valence electrons. The van der Waals surface area contributed by atoms with Crippen molar-refractivity contribution in [1.82, 2.24) is 0 Å². The number of benzene rings is 10. The fourth-order valence-corrected chi connectivity index (χ4v) is 9.77. The van der Waals surface area contributed by atoms with Gasteiger partial charge in [-0.25, -0.2) is 0 Å². The molecular weight excluding hydrogens is 685 g/mol. The zero-order chi connectivity index (χ0) is 36.3. The minimum atomic E-state index is 1.10. The van der Waals surface area contributed by atoms with Crippen LogP contribution in [0.1, 0.15) is 0 Å². The molecule has 1 aromatic heterocycles. The second-order valence-electron chi connectivity index (χ2n) is 14.1. The number of para-hydroxylation sites is 1. The predicted molar refractivity (Wildman–Crippen MR) is 239 cm³/mol.